The van der Waals surface area contributed by atoms with Gasteiger partial charge in [-0.3, -0.25) is 0 Å². The first-order valence-corrected chi connectivity index (χ1v) is 12.2. The van der Waals surface area contributed by atoms with E-state index in [9.17, 15) is 5.11 Å². The van der Waals surface area contributed by atoms with E-state index in [1.165, 1.54) is 47.1 Å². The van der Waals surface area contributed by atoms with Crippen molar-refractivity contribution in [3.05, 3.63) is 70.4 Å². The Labute approximate surface area is 194 Å². The number of hydrogen-bond acceptors (Lipinski definition) is 1. The summed E-state index contributed by atoms with van der Waals surface area (Å²) >= 11 is 0. The third kappa shape index (κ3) is 18.9. The fourth-order valence-electron chi connectivity index (χ4n) is 3.36. The Kier molecular flexibility index (Phi) is 17.1. The Morgan fingerprint density at radius 2 is 0.935 bits per heavy atom. The minimum absolute atomic E-state index is 0.367. The van der Waals surface area contributed by atoms with Crippen molar-refractivity contribution in [3.63, 3.8) is 0 Å². The van der Waals surface area contributed by atoms with Crippen LogP contribution in [0, 0.1) is 0 Å². The average molecular weight is 427 g/mol. The molecule has 0 amide bonds. The molecule has 0 spiro atoms. The molecule has 0 aliphatic rings. The summed E-state index contributed by atoms with van der Waals surface area (Å²) in [5.74, 6) is 0. The van der Waals surface area contributed by atoms with Gasteiger partial charge in [0.1, 0.15) is 0 Å². The highest BCUT2D eigenvalue weighted by atomic mass is 16.3. The first-order chi connectivity index (χ1) is 14.6. The van der Waals surface area contributed by atoms with Crippen LogP contribution in [0.25, 0.3) is 0 Å². The lowest BCUT2D eigenvalue weighted by molar-refractivity contribution is 0.201. The van der Waals surface area contributed by atoms with Gasteiger partial charge in [-0.25, -0.2) is 0 Å². The quantitative estimate of drug-likeness (QED) is 0.192. The van der Waals surface area contributed by atoms with Crippen LogP contribution in [0.4, 0.5) is 0 Å². The van der Waals surface area contributed by atoms with Crippen molar-refractivity contribution < 1.29 is 5.11 Å². The molecule has 0 bridgehead atoms. The van der Waals surface area contributed by atoms with E-state index in [2.05, 4.69) is 78.5 Å². The van der Waals surface area contributed by atoms with Crippen LogP contribution in [-0.2, 0) is 0 Å². The fraction of sp³-hybridized carbons (Fsp3) is 0.600. The Balaban J connectivity index is 4.08. The molecule has 0 fully saturated rings. The topological polar surface area (TPSA) is 20.2 Å². The van der Waals surface area contributed by atoms with Crippen LogP contribution >= 0.6 is 0 Å². The van der Waals surface area contributed by atoms with E-state index in [0.29, 0.717) is 0 Å². The number of allylic oxidation sites excluding steroid dienone is 10. The predicted molar refractivity (Wildman–Crippen MR) is 141 cm³/mol. The van der Waals surface area contributed by atoms with Gasteiger partial charge in [-0.2, -0.15) is 0 Å². The lowest BCUT2D eigenvalue weighted by Crippen LogP contribution is -2.06. The number of rotatable bonds is 16. The molecule has 1 nitrogen and oxygen atoms in total. The molecule has 0 aromatic rings. The van der Waals surface area contributed by atoms with Crippen molar-refractivity contribution in [2.45, 2.75) is 119 Å². The molecule has 0 heterocycles. The minimum atomic E-state index is -0.367. The molecule has 0 aliphatic carbocycles. The Bertz CT molecular complexity index is 663. The highest BCUT2D eigenvalue weighted by Gasteiger charge is 2.04. The van der Waals surface area contributed by atoms with Gasteiger partial charge in [-0.1, -0.05) is 70.4 Å². The monoisotopic (exact) mass is 426 g/mol. The van der Waals surface area contributed by atoms with Gasteiger partial charge >= 0.3 is 0 Å². The summed E-state index contributed by atoms with van der Waals surface area (Å²) in [5.41, 5.74) is 8.14. The normalized spacial score (nSPS) is 14.6. The maximum Gasteiger partial charge on any atom is 0.0747 e. The number of aliphatic hydroxyl groups is 1. The molecule has 0 radical (unpaired) electrons. The van der Waals surface area contributed by atoms with Gasteiger partial charge in [-0.15, -0.1) is 0 Å². The molecule has 0 saturated carbocycles. The van der Waals surface area contributed by atoms with Crippen molar-refractivity contribution in [2.75, 3.05) is 0 Å². The van der Waals surface area contributed by atoms with Crippen LogP contribution in [0.15, 0.2) is 70.4 Å². The molecule has 0 aromatic carbocycles. The lowest BCUT2D eigenvalue weighted by Gasteiger charge is -2.09. The van der Waals surface area contributed by atoms with Crippen molar-refractivity contribution in [1.82, 2.24) is 0 Å². The summed E-state index contributed by atoms with van der Waals surface area (Å²) < 4.78 is 0. The smallest absolute Gasteiger partial charge is 0.0747 e. The molecular formula is C30H50O. The SMILES string of the molecule is C=C(C)C(O)CC/C(C)=C/CC/C(C)=C/CC/C=C(\C)CC/C=C(\C)CCC=C(C)C. The van der Waals surface area contributed by atoms with Crippen LogP contribution < -0.4 is 0 Å². The highest BCUT2D eigenvalue weighted by Crippen LogP contribution is 2.15. The van der Waals surface area contributed by atoms with Crippen molar-refractivity contribution >= 4 is 0 Å². The second-order valence-corrected chi connectivity index (χ2v) is 9.58. The number of aliphatic hydroxyl groups excluding tert-OH is 1. The van der Waals surface area contributed by atoms with Gasteiger partial charge in [0.05, 0.1) is 6.10 Å². The van der Waals surface area contributed by atoms with Gasteiger partial charge < -0.3 is 5.11 Å². The summed E-state index contributed by atoms with van der Waals surface area (Å²) in [6.45, 7) is 19.0. The zero-order valence-corrected chi connectivity index (χ0v) is 21.7. The molecule has 1 unspecified atom stereocenters. The Morgan fingerprint density at radius 3 is 1.32 bits per heavy atom. The third-order valence-corrected chi connectivity index (χ3v) is 5.69. The van der Waals surface area contributed by atoms with Crippen LogP contribution in [-0.4, -0.2) is 11.2 Å². The summed E-state index contributed by atoms with van der Waals surface area (Å²) in [5, 5.41) is 9.82. The van der Waals surface area contributed by atoms with Gasteiger partial charge in [0.2, 0.25) is 0 Å². The highest BCUT2D eigenvalue weighted by molar-refractivity contribution is 5.08. The van der Waals surface area contributed by atoms with Crippen LogP contribution in [0.5, 0.6) is 0 Å². The maximum atomic E-state index is 9.82. The largest absolute Gasteiger partial charge is 0.389 e. The number of hydrogen-bond donors (Lipinski definition) is 1. The molecular weight excluding hydrogens is 376 g/mol. The van der Waals surface area contributed by atoms with Crippen LogP contribution in [0.2, 0.25) is 0 Å². The summed E-state index contributed by atoms with van der Waals surface area (Å²) in [4.78, 5) is 0. The first-order valence-electron chi connectivity index (χ1n) is 12.2. The zero-order chi connectivity index (χ0) is 23.6. The van der Waals surface area contributed by atoms with E-state index in [-0.39, 0.29) is 6.10 Å². The second-order valence-electron chi connectivity index (χ2n) is 9.58. The first kappa shape index (κ1) is 29.4. The molecule has 0 rings (SSSR count). The second kappa shape index (κ2) is 18.0. The van der Waals surface area contributed by atoms with Gasteiger partial charge in [0, 0.05) is 0 Å². The Hall–Kier alpha value is -1.60. The van der Waals surface area contributed by atoms with Gasteiger partial charge in [0.15, 0.2) is 0 Å². The van der Waals surface area contributed by atoms with E-state index in [1.807, 2.05) is 6.92 Å². The third-order valence-electron chi connectivity index (χ3n) is 5.69. The van der Waals surface area contributed by atoms with E-state index in [4.69, 9.17) is 0 Å². The summed E-state index contributed by atoms with van der Waals surface area (Å²) in [6, 6.07) is 0. The molecule has 176 valence electrons. The van der Waals surface area contributed by atoms with Crippen LogP contribution in [0.3, 0.4) is 0 Å². The maximum absolute atomic E-state index is 9.82. The average Bonchev–Trinajstić information content (AvgIpc) is 2.69. The fourth-order valence-corrected chi connectivity index (χ4v) is 3.36. The lowest BCUT2D eigenvalue weighted by atomic mass is 10.0. The van der Waals surface area contributed by atoms with Crippen molar-refractivity contribution in [3.8, 4) is 0 Å². The van der Waals surface area contributed by atoms with E-state index in [0.717, 1.165) is 50.5 Å². The minimum Gasteiger partial charge on any atom is -0.389 e. The predicted octanol–water partition coefficient (Wildman–Crippen LogP) is 9.58. The standard InChI is InChI=1S/C30H50O/c1-24(2)14-11-17-28(7)20-12-18-26(5)15-9-10-16-27(6)19-13-21-29(8)22-23-30(31)25(3)4/h14-16,20-21,30-31H,3,9-13,17-19,22-23H2,1-2,4-8H3/b26-15+,27-16+,28-20+,29-21+. The van der Waals surface area contributed by atoms with E-state index >= 15 is 0 Å². The molecule has 1 N–H and O–H groups in total. The Morgan fingerprint density at radius 1 is 0.581 bits per heavy atom. The molecule has 1 heteroatoms. The van der Waals surface area contributed by atoms with E-state index < -0.39 is 0 Å². The summed E-state index contributed by atoms with van der Waals surface area (Å²) in [7, 11) is 0. The molecule has 0 saturated heterocycles. The van der Waals surface area contributed by atoms with Crippen LogP contribution in [0.1, 0.15) is 113 Å². The number of unbranched alkanes of at least 4 members (excludes halogenated alkanes) is 1. The van der Waals surface area contributed by atoms with Crippen molar-refractivity contribution in [1.29, 1.82) is 0 Å². The summed E-state index contributed by atoms with van der Waals surface area (Å²) in [6.07, 6.45) is 22.4. The van der Waals surface area contributed by atoms with Gasteiger partial charge in [-0.05, 0) is 113 Å². The van der Waals surface area contributed by atoms with Crippen molar-refractivity contribution in [2.24, 2.45) is 0 Å². The molecule has 31 heavy (non-hydrogen) atoms. The zero-order valence-electron chi connectivity index (χ0n) is 21.7. The van der Waals surface area contributed by atoms with E-state index in [1.54, 1.807) is 0 Å². The molecule has 0 aromatic heterocycles. The molecule has 0 aliphatic heterocycles. The molecule has 1 atom stereocenters. The van der Waals surface area contributed by atoms with Gasteiger partial charge in [0.25, 0.3) is 0 Å².